The Kier molecular flexibility index (Phi) is 50.9. The third kappa shape index (κ3) is 42.3. The van der Waals surface area contributed by atoms with Crippen molar-refractivity contribution in [1.82, 2.24) is 52.3 Å². The number of benzene rings is 4. The number of unbranched alkanes of at least 4 members (excludes halogenated alkanes) is 4. The molecule has 0 aliphatic carbocycles. The van der Waals surface area contributed by atoms with E-state index in [1.807, 2.05) is 73.2 Å². The number of hydrogen-bond donors (Lipinski definition) is 10. The van der Waals surface area contributed by atoms with Crippen molar-refractivity contribution in [3.63, 3.8) is 0 Å². The number of nitrogens with zero attached hydrogens (tertiary/aromatic N) is 2. The van der Waals surface area contributed by atoms with Crippen molar-refractivity contribution in [2.45, 2.75) is 193 Å². The van der Waals surface area contributed by atoms with Crippen LogP contribution in [0.4, 0.5) is 9.59 Å². The number of hydrogen-bond acceptors (Lipinski definition) is 20. The molecule has 0 aromatic heterocycles. The van der Waals surface area contributed by atoms with Crippen LogP contribution < -0.4 is 42.5 Å². The predicted octanol–water partition coefficient (Wildman–Crippen LogP) is 7.00. The van der Waals surface area contributed by atoms with Gasteiger partial charge in [-0.2, -0.15) is 23.5 Å². The van der Waals surface area contributed by atoms with Crippen LogP contribution in [0.2, 0.25) is 0 Å². The first kappa shape index (κ1) is 102. The molecule has 29 nitrogen and oxygen atoms in total. The Hall–Kier alpha value is -9.04. The number of methoxy groups -OCH3 is 2. The highest BCUT2D eigenvalue weighted by molar-refractivity contribution is 7.98. The summed E-state index contributed by atoms with van der Waals surface area (Å²) < 4.78 is 20.5. The van der Waals surface area contributed by atoms with E-state index in [1.165, 1.54) is 71.8 Å². The second-order valence-corrected chi connectivity index (χ2v) is 29.4. The number of phenols is 2. The normalized spacial score (nSPS) is 12.4. The Morgan fingerprint density at radius 2 is 0.730 bits per heavy atom. The first-order valence-corrected chi connectivity index (χ1v) is 39.2. The van der Waals surface area contributed by atoms with Crippen molar-refractivity contribution >= 4 is 120 Å². The largest absolute Gasteiger partial charge is 0.508 e. The molecule has 0 bridgehead atoms. The van der Waals surface area contributed by atoms with Gasteiger partial charge in [-0.25, -0.2) is 9.59 Å². The van der Waals surface area contributed by atoms with Crippen LogP contribution in [0, 0.1) is 0 Å². The minimum absolute atomic E-state index is 0. The Morgan fingerprint density at radius 3 is 1.03 bits per heavy atom. The second kappa shape index (κ2) is 55.4. The molecule has 620 valence electrons. The predicted molar refractivity (Wildman–Crippen MR) is 434 cm³/mol. The van der Waals surface area contributed by atoms with Crippen LogP contribution in [0.25, 0.3) is 0 Å². The van der Waals surface area contributed by atoms with Crippen LogP contribution in [0.1, 0.15) is 142 Å². The molecule has 4 aromatic carbocycles. The molecular formula is C78H118Cl2N10O19S2. The first-order chi connectivity index (χ1) is 51.3. The third-order valence-corrected chi connectivity index (χ3v) is 17.7. The molecule has 10 amide bonds. The molecule has 111 heavy (non-hydrogen) atoms. The topological polar surface area (TPSA) is 416 Å². The number of halogens is 2. The van der Waals surface area contributed by atoms with Crippen LogP contribution >= 0.6 is 48.3 Å². The number of ether oxygens (including phenoxy) is 4. The number of esters is 2. The average molecular weight is 1630 g/mol. The van der Waals surface area contributed by atoms with Gasteiger partial charge in [-0.15, -0.1) is 24.8 Å². The van der Waals surface area contributed by atoms with Gasteiger partial charge in [0, 0.05) is 64.7 Å². The van der Waals surface area contributed by atoms with Gasteiger partial charge in [0.25, 0.3) is 0 Å². The van der Waals surface area contributed by atoms with Crippen LogP contribution in [0.3, 0.4) is 0 Å². The summed E-state index contributed by atoms with van der Waals surface area (Å²) in [4.78, 5) is 159. The Labute approximate surface area is 673 Å². The van der Waals surface area contributed by atoms with Gasteiger partial charge in [-0.05, 0) is 164 Å². The number of carbonyl (C=O) groups excluding carboxylic acids is 12. The smallest absolute Gasteiger partial charge is 0.410 e. The van der Waals surface area contributed by atoms with Crippen molar-refractivity contribution in [3.05, 3.63) is 131 Å². The number of nitrogens with one attached hydrogen (secondary N) is 8. The van der Waals surface area contributed by atoms with Crippen molar-refractivity contribution in [3.8, 4) is 11.5 Å². The van der Waals surface area contributed by atoms with E-state index in [2.05, 4.69) is 52.0 Å². The van der Waals surface area contributed by atoms with Gasteiger partial charge in [-0.3, -0.25) is 57.7 Å². The van der Waals surface area contributed by atoms with E-state index in [1.54, 1.807) is 79.7 Å². The van der Waals surface area contributed by atoms with Crippen molar-refractivity contribution in [1.29, 1.82) is 0 Å². The van der Waals surface area contributed by atoms with Crippen LogP contribution in [0.5, 0.6) is 11.5 Å². The molecule has 33 heteroatoms. The maximum Gasteiger partial charge on any atom is 0.410 e. The van der Waals surface area contributed by atoms with Gasteiger partial charge in [-0.1, -0.05) is 97.8 Å². The summed E-state index contributed by atoms with van der Waals surface area (Å²) in [6.07, 6.45) is 7.95. The minimum Gasteiger partial charge on any atom is -0.508 e. The molecule has 0 saturated carbocycles. The number of rotatable bonds is 44. The van der Waals surface area contributed by atoms with Gasteiger partial charge in [0.05, 0.1) is 27.3 Å². The highest BCUT2D eigenvalue weighted by Gasteiger charge is 2.37. The Morgan fingerprint density at radius 1 is 0.414 bits per heavy atom. The number of likely N-dealkylation sites (N-methyl/N-ethyl adjacent to an activating group) is 2. The van der Waals surface area contributed by atoms with Gasteiger partial charge in [0.2, 0.25) is 47.3 Å². The van der Waals surface area contributed by atoms with Crippen LogP contribution in [-0.4, -0.2) is 222 Å². The van der Waals surface area contributed by atoms with Gasteiger partial charge < -0.3 is 77.2 Å². The van der Waals surface area contributed by atoms with Crippen molar-refractivity contribution in [2.24, 2.45) is 0 Å². The maximum atomic E-state index is 13.9. The molecule has 0 spiro atoms. The summed E-state index contributed by atoms with van der Waals surface area (Å²) in [5.41, 5.74) is 1.36. The summed E-state index contributed by atoms with van der Waals surface area (Å²) >= 11 is 2.95. The lowest BCUT2D eigenvalue weighted by Crippen LogP contribution is -2.57. The quantitative estimate of drug-likeness (QED) is 0.0121. The van der Waals surface area contributed by atoms with E-state index < -0.39 is 108 Å². The van der Waals surface area contributed by atoms with E-state index in [0.717, 1.165) is 11.1 Å². The molecule has 0 aliphatic heterocycles. The van der Waals surface area contributed by atoms with Gasteiger partial charge >= 0.3 is 24.1 Å². The summed E-state index contributed by atoms with van der Waals surface area (Å²) in [7, 11) is 2.68. The van der Waals surface area contributed by atoms with Crippen LogP contribution in [-0.2, 0) is 92.6 Å². The van der Waals surface area contributed by atoms with E-state index in [-0.39, 0.29) is 117 Å². The summed E-state index contributed by atoms with van der Waals surface area (Å²) in [5, 5.41) is 41.5. The fraction of sp³-hybridized carbons (Fsp3) is 0.538. The fourth-order valence-electron chi connectivity index (χ4n) is 10.7. The number of aromatic hydroxyl groups is 2. The summed E-state index contributed by atoms with van der Waals surface area (Å²) in [6, 6.07) is 24.9. The molecule has 4 rings (SSSR count). The van der Waals surface area contributed by atoms with E-state index >= 15 is 0 Å². The average Bonchev–Trinajstić information content (AvgIpc) is 0.836. The molecule has 0 radical (unpaired) electrons. The first-order valence-electron chi connectivity index (χ1n) is 36.4. The zero-order valence-electron chi connectivity index (χ0n) is 65.9. The summed E-state index contributed by atoms with van der Waals surface area (Å²) in [6.45, 7) is 13.9. The molecule has 0 saturated heterocycles. The molecule has 4 aromatic rings. The third-order valence-electron chi connectivity index (χ3n) is 16.4. The molecule has 0 fully saturated rings. The highest BCUT2D eigenvalue weighted by atomic mass is 35.5. The lowest BCUT2D eigenvalue weighted by Gasteiger charge is -2.33. The number of carbonyl (C=O) groups is 12. The minimum atomic E-state index is -1.06. The van der Waals surface area contributed by atoms with E-state index in [4.69, 9.17) is 9.47 Å². The molecule has 0 aliphatic rings. The monoisotopic (exact) mass is 1630 g/mol. The van der Waals surface area contributed by atoms with Crippen molar-refractivity contribution < 1.29 is 92.2 Å². The zero-order valence-corrected chi connectivity index (χ0v) is 69.1. The standard InChI is InChI=1S/2C39H57N5O9S.2ClH.H2O/c2*1-7-44(38(51)53-39(2,3)4)32(25-28-17-19-29(45)20-18-28)37(50)43-30(21-23-54-6)35(48)41-26-33(46)42-31(24-27-14-10-8-11-15-27)36(49)40-22-13-9-12-16-34(47)52-5;;;/h2*8,10-11,14-15,17-20,30-32,45H,7,9,12-13,16,21-26H2,1-6H3,(H,40,49)(H,41,48)(H,42,46)(H,43,50);2*1H;1H2/t2*30-,31+,32+;;;/m11.../s1. The number of thioether (sulfide) groups is 2. The Balaban J connectivity index is 0.00000212. The zero-order chi connectivity index (χ0) is 80.2. The second-order valence-electron chi connectivity index (χ2n) is 27.4. The molecular weight excluding hydrogens is 1520 g/mol. The fourth-order valence-corrected chi connectivity index (χ4v) is 11.7. The van der Waals surface area contributed by atoms with Crippen LogP contribution in [0.15, 0.2) is 109 Å². The summed E-state index contributed by atoms with van der Waals surface area (Å²) in [5.74, 6) is -3.81. The van der Waals surface area contributed by atoms with E-state index in [9.17, 15) is 67.7 Å². The lowest BCUT2D eigenvalue weighted by molar-refractivity contribution is -0.141. The molecule has 6 atom stereocenters. The molecule has 0 unspecified atom stereocenters. The molecule has 0 heterocycles. The van der Waals surface area contributed by atoms with Gasteiger partial charge in [0.1, 0.15) is 59.0 Å². The Bertz CT molecular complexity index is 3250. The van der Waals surface area contributed by atoms with Crippen molar-refractivity contribution in [2.75, 3.05) is 77.5 Å². The van der Waals surface area contributed by atoms with Gasteiger partial charge in [0.15, 0.2) is 0 Å². The number of amides is 10. The maximum absolute atomic E-state index is 13.9. The highest BCUT2D eigenvalue weighted by Crippen LogP contribution is 2.21. The number of phenolic OH excluding ortho intramolecular Hbond substituents is 2. The lowest BCUT2D eigenvalue weighted by atomic mass is 10.0. The van der Waals surface area contributed by atoms with E-state index in [0.29, 0.717) is 87.1 Å². The molecule has 12 N–H and O–H groups in total. The SMILES string of the molecule is CCN(C(=O)OC(C)(C)C)[C@@H](Cc1ccc(O)cc1)C(=O)N[C@H](CCSC)C(=O)NCC(=O)N[C@@H](Cc1ccccc1)C(=O)NCCCCCC(=O)OC.CCN(C(=O)OC(C)(C)C)[C@@H](Cc1ccc(O)cc1)C(=O)N[C@H](CCSC)C(=O)NCC(=O)N[C@@H](Cc1ccccc1)C(=O)NCCCCCC(=O)OC.Cl.Cl.O.